The Hall–Kier alpha value is -1.76. The normalized spacial score (nSPS) is 24.8. The van der Waals surface area contributed by atoms with Crippen LogP contribution in [0.1, 0.15) is 53.4 Å². The maximum absolute atomic E-state index is 12.6. The van der Waals surface area contributed by atoms with Crippen molar-refractivity contribution in [2.24, 2.45) is 23.0 Å². The van der Waals surface area contributed by atoms with E-state index in [0.29, 0.717) is 29.7 Å². The third-order valence-electron chi connectivity index (χ3n) is 4.64. The lowest BCUT2D eigenvalue weighted by Crippen LogP contribution is -2.36. The highest BCUT2D eigenvalue weighted by Gasteiger charge is 2.44. The Labute approximate surface area is 126 Å². The summed E-state index contributed by atoms with van der Waals surface area (Å²) in [7, 11) is 0. The highest BCUT2D eigenvalue weighted by atomic mass is 16.5. The molecule has 0 aromatic carbocycles. The average Bonchev–Trinajstić information content (AvgIpc) is 2.37. The Morgan fingerprint density at radius 2 is 2.00 bits per heavy atom. The molecule has 0 fully saturated rings. The number of carbonyl (C=O) groups excluding carboxylic acids is 1. The van der Waals surface area contributed by atoms with Crippen molar-refractivity contribution in [1.82, 2.24) is 0 Å². The average molecular weight is 288 g/mol. The Morgan fingerprint density at radius 1 is 1.38 bits per heavy atom. The van der Waals surface area contributed by atoms with Crippen LogP contribution in [0.3, 0.4) is 0 Å². The minimum atomic E-state index is -0.197. The molecule has 114 valence electrons. The first-order valence-electron chi connectivity index (χ1n) is 7.68. The number of nitriles is 1. The summed E-state index contributed by atoms with van der Waals surface area (Å²) in [6.45, 7) is 8.30. The first-order chi connectivity index (χ1) is 9.84. The number of nitrogens with zero attached hydrogens (tertiary/aromatic N) is 1. The van der Waals surface area contributed by atoms with Gasteiger partial charge in [0.05, 0.1) is 5.57 Å². The second-order valence-electron chi connectivity index (χ2n) is 6.82. The Kier molecular flexibility index (Phi) is 4.13. The van der Waals surface area contributed by atoms with E-state index < -0.39 is 0 Å². The molecule has 0 aromatic heterocycles. The number of hydrogen-bond acceptors (Lipinski definition) is 4. The molecule has 0 saturated carbocycles. The van der Waals surface area contributed by atoms with Gasteiger partial charge in [0.15, 0.2) is 5.78 Å². The van der Waals surface area contributed by atoms with Crippen LogP contribution in [0, 0.1) is 28.6 Å². The van der Waals surface area contributed by atoms with Gasteiger partial charge in [-0.3, -0.25) is 4.79 Å². The highest BCUT2D eigenvalue weighted by molar-refractivity contribution is 5.98. The van der Waals surface area contributed by atoms with Gasteiger partial charge in [0.2, 0.25) is 5.88 Å². The van der Waals surface area contributed by atoms with Gasteiger partial charge in [-0.25, -0.2) is 0 Å². The number of ether oxygens (including phenoxy) is 1. The number of rotatable bonds is 3. The molecule has 1 heterocycles. The summed E-state index contributed by atoms with van der Waals surface area (Å²) in [4.78, 5) is 12.6. The zero-order valence-corrected chi connectivity index (χ0v) is 13.3. The summed E-state index contributed by atoms with van der Waals surface area (Å²) in [6.07, 6.45) is 3.02. The Balaban J connectivity index is 2.55. The molecule has 21 heavy (non-hydrogen) atoms. The molecule has 4 nitrogen and oxygen atoms in total. The molecular formula is C17H24N2O2. The van der Waals surface area contributed by atoms with Crippen LogP contribution in [0.5, 0.6) is 0 Å². The molecule has 1 aliphatic carbocycles. The van der Waals surface area contributed by atoms with Gasteiger partial charge in [-0.05, 0) is 11.3 Å². The van der Waals surface area contributed by atoms with Crippen molar-refractivity contribution in [1.29, 1.82) is 5.26 Å². The van der Waals surface area contributed by atoms with E-state index in [9.17, 15) is 10.1 Å². The van der Waals surface area contributed by atoms with Crippen LogP contribution in [0.25, 0.3) is 0 Å². The molecule has 0 radical (unpaired) electrons. The number of ketones is 1. The zero-order valence-electron chi connectivity index (χ0n) is 13.3. The summed E-state index contributed by atoms with van der Waals surface area (Å²) in [5, 5.41) is 9.45. The number of carbonyl (C=O) groups is 1. The van der Waals surface area contributed by atoms with E-state index in [0.717, 1.165) is 12.8 Å². The topological polar surface area (TPSA) is 76.1 Å². The summed E-state index contributed by atoms with van der Waals surface area (Å²) in [5.74, 6) is 1.02. The minimum Gasteiger partial charge on any atom is -0.444 e. The van der Waals surface area contributed by atoms with E-state index in [1.807, 2.05) is 0 Å². The fourth-order valence-corrected chi connectivity index (χ4v) is 3.56. The SMILES string of the molecule is CCC(CC)C1C(C#N)=C(N)OC2=C1C(=O)CC(C)(C)C2. The standard InChI is InChI=1S/C17H24N2O2/c1-5-10(6-2)14-11(9-18)16(19)21-13-8-17(3,4)7-12(20)15(13)14/h10,14H,5-8,19H2,1-4H3. The van der Waals surface area contributed by atoms with Crippen LogP contribution >= 0.6 is 0 Å². The predicted octanol–water partition coefficient (Wildman–Crippen LogP) is 3.41. The van der Waals surface area contributed by atoms with Crippen LogP contribution in [0.15, 0.2) is 22.8 Å². The first kappa shape index (κ1) is 15.6. The molecule has 0 bridgehead atoms. The van der Waals surface area contributed by atoms with Gasteiger partial charge in [-0.15, -0.1) is 0 Å². The predicted molar refractivity (Wildman–Crippen MR) is 80.5 cm³/mol. The first-order valence-corrected chi connectivity index (χ1v) is 7.68. The maximum Gasteiger partial charge on any atom is 0.204 e. The summed E-state index contributed by atoms with van der Waals surface area (Å²) in [6, 6.07) is 2.17. The van der Waals surface area contributed by atoms with Crippen LogP contribution in [0.2, 0.25) is 0 Å². The second-order valence-corrected chi connectivity index (χ2v) is 6.82. The van der Waals surface area contributed by atoms with E-state index in [4.69, 9.17) is 10.5 Å². The molecule has 2 N–H and O–H groups in total. The summed E-state index contributed by atoms with van der Waals surface area (Å²) >= 11 is 0. The van der Waals surface area contributed by atoms with E-state index in [2.05, 4.69) is 33.8 Å². The van der Waals surface area contributed by atoms with E-state index in [1.165, 1.54) is 0 Å². The highest BCUT2D eigenvalue weighted by Crippen LogP contribution is 2.47. The van der Waals surface area contributed by atoms with Crippen molar-refractivity contribution in [2.75, 3.05) is 0 Å². The van der Waals surface area contributed by atoms with E-state index in [-0.39, 0.29) is 28.9 Å². The van der Waals surface area contributed by atoms with Crippen molar-refractivity contribution >= 4 is 5.78 Å². The lowest BCUT2D eigenvalue weighted by Gasteiger charge is -2.39. The monoisotopic (exact) mass is 288 g/mol. The van der Waals surface area contributed by atoms with Gasteiger partial charge in [-0.2, -0.15) is 5.26 Å². The number of allylic oxidation sites excluding steroid dienone is 3. The molecule has 2 aliphatic rings. The molecule has 0 spiro atoms. The quantitative estimate of drug-likeness (QED) is 0.863. The molecular weight excluding hydrogens is 264 g/mol. The number of hydrogen-bond donors (Lipinski definition) is 1. The van der Waals surface area contributed by atoms with Crippen LogP contribution in [-0.4, -0.2) is 5.78 Å². The van der Waals surface area contributed by atoms with Gasteiger partial charge in [0, 0.05) is 24.3 Å². The third kappa shape index (κ3) is 2.70. The molecule has 1 aliphatic heterocycles. The number of Topliss-reactive ketones (excluding diaryl/α,β-unsaturated/α-hetero) is 1. The van der Waals surface area contributed by atoms with Crippen molar-refractivity contribution in [3.8, 4) is 6.07 Å². The smallest absolute Gasteiger partial charge is 0.204 e. The fourth-order valence-electron chi connectivity index (χ4n) is 3.56. The molecule has 0 aromatic rings. The van der Waals surface area contributed by atoms with E-state index >= 15 is 0 Å². The van der Waals surface area contributed by atoms with Crippen LogP contribution in [-0.2, 0) is 9.53 Å². The fraction of sp³-hybridized carbons (Fsp3) is 0.647. The zero-order chi connectivity index (χ0) is 15.8. The van der Waals surface area contributed by atoms with Gasteiger partial charge in [0.25, 0.3) is 0 Å². The largest absolute Gasteiger partial charge is 0.444 e. The Bertz CT molecular complexity index is 560. The number of nitrogens with two attached hydrogens (primary N) is 1. The van der Waals surface area contributed by atoms with Gasteiger partial charge in [-0.1, -0.05) is 40.5 Å². The van der Waals surface area contributed by atoms with Gasteiger partial charge >= 0.3 is 0 Å². The summed E-state index contributed by atoms with van der Waals surface area (Å²) in [5.41, 5.74) is 6.97. The van der Waals surface area contributed by atoms with E-state index in [1.54, 1.807) is 0 Å². The van der Waals surface area contributed by atoms with Gasteiger partial charge in [0.1, 0.15) is 11.8 Å². The van der Waals surface area contributed by atoms with Crippen LogP contribution < -0.4 is 5.73 Å². The minimum absolute atomic E-state index is 0.110. The lowest BCUT2D eigenvalue weighted by molar-refractivity contribution is -0.119. The molecule has 1 atom stereocenters. The lowest BCUT2D eigenvalue weighted by atomic mass is 9.68. The summed E-state index contributed by atoms with van der Waals surface area (Å²) < 4.78 is 5.66. The van der Waals surface area contributed by atoms with Crippen molar-refractivity contribution in [3.05, 3.63) is 22.8 Å². The van der Waals surface area contributed by atoms with Gasteiger partial charge < -0.3 is 10.5 Å². The molecule has 0 amide bonds. The van der Waals surface area contributed by atoms with Crippen molar-refractivity contribution in [2.45, 2.75) is 53.4 Å². The maximum atomic E-state index is 12.6. The molecule has 1 unspecified atom stereocenters. The second kappa shape index (κ2) is 5.55. The van der Waals surface area contributed by atoms with Crippen LogP contribution in [0.4, 0.5) is 0 Å². The Morgan fingerprint density at radius 3 is 2.52 bits per heavy atom. The van der Waals surface area contributed by atoms with Crippen molar-refractivity contribution in [3.63, 3.8) is 0 Å². The molecule has 0 saturated heterocycles. The van der Waals surface area contributed by atoms with Crippen molar-refractivity contribution < 1.29 is 9.53 Å². The third-order valence-corrected chi connectivity index (χ3v) is 4.64. The molecule has 2 rings (SSSR count). The molecule has 4 heteroatoms.